The van der Waals surface area contributed by atoms with Crippen molar-refractivity contribution in [3.8, 4) is 18.1 Å². The summed E-state index contributed by atoms with van der Waals surface area (Å²) in [6.07, 6.45) is 8.04. The highest BCUT2D eigenvalue weighted by atomic mass is 16.5. The quantitative estimate of drug-likeness (QED) is 0.616. The van der Waals surface area contributed by atoms with E-state index in [1.807, 2.05) is 59.5 Å². The Morgan fingerprint density at radius 1 is 1.17 bits per heavy atom. The maximum absolute atomic E-state index is 12.8. The lowest BCUT2D eigenvalue weighted by atomic mass is 10.0. The molecule has 0 aliphatic carbocycles. The summed E-state index contributed by atoms with van der Waals surface area (Å²) in [6, 6.07) is 15.5. The summed E-state index contributed by atoms with van der Waals surface area (Å²) in [7, 11) is 0. The smallest absolute Gasteiger partial charge is 0.258 e. The van der Waals surface area contributed by atoms with Crippen LogP contribution in [0.4, 0.5) is 5.69 Å². The van der Waals surface area contributed by atoms with Gasteiger partial charge in [-0.25, -0.2) is 0 Å². The maximum atomic E-state index is 12.8. The van der Waals surface area contributed by atoms with Gasteiger partial charge in [-0.15, -0.1) is 6.42 Å². The number of hydrogen-bond acceptors (Lipinski definition) is 2. The van der Waals surface area contributed by atoms with E-state index in [2.05, 4.69) is 12.8 Å². The molecule has 0 saturated carbocycles. The molecule has 2 aromatic rings. The minimum atomic E-state index is 0.0608. The van der Waals surface area contributed by atoms with Crippen LogP contribution in [0.5, 0.6) is 5.75 Å². The van der Waals surface area contributed by atoms with E-state index in [9.17, 15) is 4.79 Å². The van der Waals surface area contributed by atoms with Gasteiger partial charge in [-0.1, -0.05) is 43.2 Å². The second-order valence-electron chi connectivity index (χ2n) is 5.59. The van der Waals surface area contributed by atoms with Crippen LogP contribution in [0.25, 0.3) is 11.6 Å². The number of terminal acetylenes is 1. The van der Waals surface area contributed by atoms with Gasteiger partial charge in [0.05, 0.1) is 5.69 Å². The van der Waals surface area contributed by atoms with Crippen LogP contribution in [-0.2, 0) is 4.79 Å². The molecule has 0 unspecified atom stereocenters. The fourth-order valence-electron chi connectivity index (χ4n) is 2.84. The molecule has 0 bridgehead atoms. The Hall–Kier alpha value is -2.99. The zero-order chi connectivity index (χ0) is 16.9. The van der Waals surface area contributed by atoms with Gasteiger partial charge in [0, 0.05) is 17.7 Å². The molecule has 0 spiro atoms. The van der Waals surface area contributed by atoms with Crippen molar-refractivity contribution in [3.05, 3.63) is 59.7 Å². The summed E-state index contributed by atoms with van der Waals surface area (Å²) in [6.45, 7) is 3.05. The predicted octanol–water partition coefficient (Wildman–Crippen LogP) is 4.00. The van der Waals surface area contributed by atoms with E-state index in [4.69, 9.17) is 11.2 Å². The summed E-state index contributed by atoms with van der Waals surface area (Å²) in [5.41, 5.74) is 3.67. The fourth-order valence-corrected chi connectivity index (χ4v) is 2.84. The maximum Gasteiger partial charge on any atom is 0.258 e. The largest absolute Gasteiger partial charge is 0.481 e. The normalized spacial score (nSPS) is 14.6. The van der Waals surface area contributed by atoms with Gasteiger partial charge in [-0.2, -0.15) is 0 Å². The number of carbonyl (C=O) groups excluding carboxylic acids is 1. The Morgan fingerprint density at radius 3 is 2.62 bits per heavy atom. The first-order valence-electron chi connectivity index (χ1n) is 8.04. The zero-order valence-electron chi connectivity index (χ0n) is 13.7. The fraction of sp³-hybridized carbons (Fsp3) is 0.190. The number of carbonyl (C=O) groups is 1. The van der Waals surface area contributed by atoms with Crippen molar-refractivity contribution in [2.75, 3.05) is 18.1 Å². The Morgan fingerprint density at radius 2 is 1.92 bits per heavy atom. The van der Waals surface area contributed by atoms with Gasteiger partial charge in [-0.3, -0.25) is 4.79 Å². The van der Waals surface area contributed by atoms with Crippen LogP contribution in [0, 0.1) is 12.3 Å². The molecule has 0 aromatic heterocycles. The van der Waals surface area contributed by atoms with E-state index >= 15 is 0 Å². The van der Waals surface area contributed by atoms with E-state index in [0.29, 0.717) is 0 Å². The van der Waals surface area contributed by atoms with Crippen molar-refractivity contribution in [1.29, 1.82) is 0 Å². The molecule has 24 heavy (non-hydrogen) atoms. The molecule has 3 nitrogen and oxygen atoms in total. The SMILES string of the molecule is C#CCOc1ccc(/C=C2\C(=O)N(CCC)c3ccccc32)cc1. The molecular weight excluding hydrogens is 298 g/mol. The van der Waals surface area contributed by atoms with Crippen LogP contribution in [0.2, 0.25) is 0 Å². The Balaban J connectivity index is 1.92. The standard InChI is InChI=1S/C21H19NO2/c1-3-13-22-20-8-6-5-7-18(20)19(21(22)23)15-16-9-11-17(12-10-16)24-14-4-2/h2,5-12,15H,3,13-14H2,1H3/b19-15-. The number of fused-ring (bicyclic) bond motifs is 1. The summed E-state index contributed by atoms with van der Waals surface area (Å²) >= 11 is 0. The molecule has 3 heteroatoms. The summed E-state index contributed by atoms with van der Waals surface area (Å²) in [5.74, 6) is 3.22. The first kappa shape index (κ1) is 15.9. The topological polar surface area (TPSA) is 29.5 Å². The number of amides is 1. The number of benzene rings is 2. The molecule has 1 heterocycles. The van der Waals surface area contributed by atoms with E-state index in [0.717, 1.165) is 41.1 Å². The van der Waals surface area contributed by atoms with Crippen molar-refractivity contribution in [3.63, 3.8) is 0 Å². The lowest BCUT2D eigenvalue weighted by Gasteiger charge is -2.15. The third kappa shape index (κ3) is 3.04. The van der Waals surface area contributed by atoms with Gasteiger partial charge in [0.2, 0.25) is 0 Å². The minimum Gasteiger partial charge on any atom is -0.481 e. The molecule has 0 saturated heterocycles. The Bertz CT molecular complexity index is 812. The summed E-state index contributed by atoms with van der Waals surface area (Å²) in [5, 5.41) is 0. The van der Waals surface area contributed by atoms with Crippen LogP contribution in [0.3, 0.4) is 0 Å². The molecule has 2 aromatic carbocycles. The number of anilines is 1. The Labute approximate surface area is 142 Å². The molecule has 1 amide bonds. The molecule has 1 aliphatic heterocycles. The first-order chi connectivity index (χ1) is 11.7. The van der Waals surface area contributed by atoms with Crippen LogP contribution < -0.4 is 9.64 Å². The predicted molar refractivity (Wildman–Crippen MR) is 97.7 cm³/mol. The second kappa shape index (κ2) is 7.06. The lowest BCUT2D eigenvalue weighted by molar-refractivity contribution is -0.113. The molecule has 120 valence electrons. The molecule has 3 rings (SSSR count). The number of nitrogens with zero attached hydrogens (tertiary/aromatic N) is 1. The van der Waals surface area contributed by atoms with E-state index in [1.54, 1.807) is 0 Å². The second-order valence-corrected chi connectivity index (χ2v) is 5.59. The van der Waals surface area contributed by atoms with Crippen molar-refractivity contribution in [1.82, 2.24) is 0 Å². The van der Waals surface area contributed by atoms with E-state index < -0.39 is 0 Å². The van der Waals surface area contributed by atoms with Gasteiger partial charge in [0.25, 0.3) is 5.91 Å². The van der Waals surface area contributed by atoms with Crippen LogP contribution in [0.15, 0.2) is 48.5 Å². The number of para-hydroxylation sites is 1. The molecule has 0 radical (unpaired) electrons. The first-order valence-corrected chi connectivity index (χ1v) is 8.04. The summed E-state index contributed by atoms with van der Waals surface area (Å²) in [4.78, 5) is 14.6. The van der Waals surface area contributed by atoms with Gasteiger partial charge >= 0.3 is 0 Å². The lowest BCUT2D eigenvalue weighted by Crippen LogP contribution is -2.26. The van der Waals surface area contributed by atoms with Gasteiger partial charge in [0.15, 0.2) is 0 Å². The molecule has 0 fully saturated rings. The van der Waals surface area contributed by atoms with Gasteiger partial charge < -0.3 is 9.64 Å². The van der Waals surface area contributed by atoms with Crippen molar-refractivity contribution in [2.24, 2.45) is 0 Å². The van der Waals surface area contributed by atoms with Crippen molar-refractivity contribution >= 4 is 23.2 Å². The zero-order valence-corrected chi connectivity index (χ0v) is 13.7. The van der Waals surface area contributed by atoms with Crippen molar-refractivity contribution < 1.29 is 9.53 Å². The van der Waals surface area contributed by atoms with Crippen LogP contribution in [0.1, 0.15) is 24.5 Å². The number of hydrogen-bond donors (Lipinski definition) is 0. The monoisotopic (exact) mass is 317 g/mol. The van der Waals surface area contributed by atoms with Crippen molar-refractivity contribution in [2.45, 2.75) is 13.3 Å². The number of ether oxygens (including phenoxy) is 1. The third-order valence-electron chi connectivity index (χ3n) is 3.92. The van der Waals surface area contributed by atoms with Crippen LogP contribution >= 0.6 is 0 Å². The third-order valence-corrected chi connectivity index (χ3v) is 3.92. The Kier molecular flexibility index (Phi) is 4.67. The average molecular weight is 317 g/mol. The minimum absolute atomic E-state index is 0.0608. The molecular formula is C21H19NO2. The van der Waals surface area contributed by atoms with Gasteiger partial charge in [-0.05, 0) is 36.3 Å². The number of rotatable bonds is 5. The highest BCUT2D eigenvalue weighted by molar-refractivity contribution is 6.35. The van der Waals surface area contributed by atoms with E-state index in [-0.39, 0.29) is 12.5 Å². The van der Waals surface area contributed by atoms with Crippen LogP contribution in [-0.4, -0.2) is 19.1 Å². The van der Waals surface area contributed by atoms with Gasteiger partial charge in [0.1, 0.15) is 12.4 Å². The van der Waals surface area contributed by atoms with E-state index in [1.165, 1.54) is 0 Å². The summed E-state index contributed by atoms with van der Waals surface area (Å²) < 4.78 is 5.37. The molecule has 0 atom stereocenters. The highest BCUT2D eigenvalue weighted by Gasteiger charge is 2.31. The highest BCUT2D eigenvalue weighted by Crippen LogP contribution is 2.37. The molecule has 0 N–H and O–H groups in total. The average Bonchev–Trinajstić information content (AvgIpc) is 2.87. The molecule has 1 aliphatic rings.